The zero-order valence-corrected chi connectivity index (χ0v) is 8.09. The van der Waals surface area contributed by atoms with Crippen LogP contribution in [-0.2, 0) is 6.54 Å². The molecule has 0 atom stereocenters. The highest BCUT2D eigenvalue weighted by Gasteiger charge is 1.97. The van der Waals surface area contributed by atoms with Gasteiger partial charge in [0.05, 0.1) is 30.1 Å². The first-order valence-electron chi connectivity index (χ1n) is 4.55. The van der Waals surface area contributed by atoms with E-state index in [9.17, 15) is 0 Å². The molecule has 2 N–H and O–H groups in total. The summed E-state index contributed by atoms with van der Waals surface area (Å²) in [6, 6.07) is 9.49. The van der Waals surface area contributed by atoms with E-state index in [0.717, 1.165) is 5.56 Å². The van der Waals surface area contributed by atoms with Crippen LogP contribution in [0.4, 0.5) is 5.69 Å². The highest BCUT2D eigenvalue weighted by atomic mass is 15.3. The zero-order valence-electron chi connectivity index (χ0n) is 8.09. The van der Waals surface area contributed by atoms with Crippen molar-refractivity contribution in [3.8, 4) is 6.07 Å². The number of hydrogen-bond acceptors (Lipinski definition) is 3. The van der Waals surface area contributed by atoms with Crippen molar-refractivity contribution in [3.63, 3.8) is 0 Å². The van der Waals surface area contributed by atoms with Gasteiger partial charge in [-0.1, -0.05) is 12.1 Å². The molecule has 0 aliphatic rings. The van der Waals surface area contributed by atoms with E-state index >= 15 is 0 Å². The molecule has 0 saturated carbocycles. The van der Waals surface area contributed by atoms with Crippen LogP contribution in [0, 0.1) is 11.3 Å². The summed E-state index contributed by atoms with van der Waals surface area (Å²) in [5.74, 6) is 0. The van der Waals surface area contributed by atoms with E-state index in [2.05, 4.69) is 11.2 Å². The number of nitriles is 1. The van der Waals surface area contributed by atoms with Crippen molar-refractivity contribution in [2.45, 2.75) is 6.54 Å². The van der Waals surface area contributed by atoms with E-state index in [1.54, 1.807) is 29.2 Å². The van der Waals surface area contributed by atoms with Gasteiger partial charge in [-0.05, 0) is 17.7 Å². The number of nitrogen functional groups attached to an aromatic ring is 1. The second kappa shape index (κ2) is 3.84. The first-order valence-corrected chi connectivity index (χ1v) is 4.55. The van der Waals surface area contributed by atoms with Crippen LogP contribution in [0.25, 0.3) is 0 Å². The monoisotopic (exact) mass is 198 g/mol. The van der Waals surface area contributed by atoms with Crippen molar-refractivity contribution in [1.82, 2.24) is 9.78 Å². The summed E-state index contributed by atoms with van der Waals surface area (Å²) in [4.78, 5) is 0. The number of nitrogens with two attached hydrogens (primary N) is 1. The molecule has 1 aromatic carbocycles. The Bertz CT molecular complexity index is 490. The lowest BCUT2D eigenvalue weighted by atomic mass is 10.1. The zero-order chi connectivity index (χ0) is 10.7. The molecule has 15 heavy (non-hydrogen) atoms. The predicted molar refractivity (Wildman–Crippen MR) is 56.9 cm³/mol. The molecule has 2 rings (SSSR count). The number of anilines is 1. The fraction of sp³-hybridized carbons (Fsp3) is 0.0909. The molecule has 0 saturated heterocycles. The Kier molecular flexibility index (Phi) is 2.38. The normalized spacial score (nSPS) is 9.80. The molecule has 0 unspecified atom stereocenters. The molecule has 1 aromatic heterocycles. The van der Waals surface area contributed by atoms with Gasteiger partial charge in [-0.15, -0.1) is 0 Å². The maximum Gasteiger partial charge on any atom is 0.0991 e. The topological polar surface area (TPSA) is 67.6 Å². The highest BCUT2D eigenvalue weighted by molar-refractivity contribution is 5.33. The second-order valence-corrected chi connectivity index (χ2v) is 3.28. The summed E-state index contributed by atoms with van der Waals surface area (Å²) < 4.78 is 1.76. The van der Waals surface area contributed by atoms with Crippen LogP contribution in [0.1, 0.15) is 11.1 Å². The number of rotatable bonds is 2. The van der Waals surface area contributed by atoms with Crippen LogP contribution in [0.5, 0.6) is 0 Å². The number of aromatic nitrogens is 2. The summed E-state index contributed by atoms with van der Waals surface area (Å²) in [5, 5.41) is 12.7. The van der Waals surface area contributed by atoms with Crippen LogP contribution in [0.15, 0.2) is 36.7 Å². The quantitative estimate of drug-likeness (QED) is 0.792. The Morgan fingerprint density at radius 3 is 2.60 bits per heavy atom. The SMILES string of the molecule is N#Cc1ccc(Cn2cc(N)cn2)cc1. The Balaban J connectivity index is 2.15. The maximum atomic E-state index is 8.64. The molecule has 0 amide bonds. The molecule has 4 nitrogen and oxygen atoms in total. The van der Waals surface area contributed by atoms with Gasteiger partial charge in [0, 0.05) is 6.20 Å². The molecule has 0 bridgehead atoms. The largest absolute Gasteiger partial charge is 0.396 e. The van der Waals surface area contributed by atoms with E-state index in [0.29, 0.717) is 17.8 Å². The van der Waals surface area contributed by atoms with Crippen molar-refractivity contribution in [2.24, 2.45) is 0 Å². The minimum Gasteiger partial charge on any atom is -0.396 e. The van der Waals surface area contributed by atoms with Crippen molar-refractivity contribution < 1.29 is 0 Å². The Morgan fingerprint density at radius 1 is 1.33 bits per heavy atom. The molecular weight excluding hydrogens is 188 g/mol. The third kappa shape index (κ3) is 2.15. The lowest BCUT2D eigenvalue weighted by molar-refractivity contribution is 0.687. The number of nitrogens with zero attached hydrogens (tertiary/aromatic N) is 3. The van der Waals surface area contributed by atoms with Gasteiger partial charge in [-0.3, -0.25) is 4.68 Å². The fourth-order valence-electron chi connectivity index (χ4n) is 1.34. The molecule has 0 aliphatic carbocycles. The summed E-state index contributed by atoms with van der Waals surface area (Å²) in [6.07, 6.45) is 3.39. The molecule has 0 aliphatic heterocycles. The van der Waals surface area contributed by atoms with E-state index in [1.807, 2.05) is 12.1 Å². The van der Waals surface area contributed by atoms with E-state index in [1.165, 1.54) is 0 Å². The minimum absolute atomic E-state index is 0.656. The smallest absolute Gasteiger partial charge is 0.0991 e. The number of benzene rings is 1. The first-order chi connectivity index (χ1) is 7.28. The van der Waals surface area contributed by atoms with Gasteiger partial charge in [0.15, 0.2) is 0 Å². The summed E-state index contributed by atoms with van der Waals surface area (Å²) >= 11 is 0. The van der Waals surface area contributed by atoms with Crippen LogP contribution >= 0.6 is 0 Å². The Morgan fingerprint density at radius 2 is 2.07 bits per heavy atom. The first kappa shape index (κ1) is 9.28. The standard InChI is InChI=1S/C11H10N4/c12-5-9-1-3-10(4-2-9)7-15-8-11(13)6-14-15/h1-4,6,8H,7,13H2. The van der Waals surface area contributed by atoms with Gasteiger partial charge in [0.2, 0.25) is 0 Å². The predicted octanol–water partition coefficient (Wildman–Crippen LogP) is 1.39. The average Bonchev–Trinajstić information content (AvgIpc) is 2.65. The van der Waals surface area contributed by atoms with Gasteiger partial charge in [-0.25, -0.2) is 0 Å². The molecule has 2 aromatic rings. The maximum absolute atomic E-state index is 8.64. The van der Waals surface area contributed by atoms with Gasteiger partial charge in [0.25, 0.3) is 0 Å². The van der Waals surface area contributed by atoms with Gasteiger partial charge in [-0.2, -0.15) is 10.4 Å². The highest BCUT2D eigenvalue weighted by Crippen LogP contribution is 2.06. The molecular formula is C11H10N4. The third-order valence-corrected chi connectivity index (χ3v) is 2.08. The minimum atomic E-state index is 0.656. The molecule has 0 spiro atoms. The third-order valence-electron chi connectivity index (χ3n) is 2.08. The van der Waals surface area contributed by atoms with Gasteiger partial charge >= 0.3 is 0 Å². The van der Waals surface area contributed by atoms with Crippen molar-refractivity contribution in [1.29, 1.82) is 5.26 Å². The van der Waals surface area contributed by atoms with Gasteiger partial charge < -0.3 is 5.73 Å². The molecule has 0 radical (unpaired) electrons. The Hall–Kier alpha value is -2.28. The average molecular weight is 198 g/mol. The number of hydrogen-bond donors (Lipinski definition) is 1. The van der Waals surface area contributed by atoms with Crippen LogP contribution < -0.4 is 5.73 Å². The van der Waals surface area contributed by atoms with E-state index in [4.69, 9.17) is 11.0 Å². The van der Waals surface area contributed by atoms with Crippen molar-refractivity contribution in [2.75, 3.05) is 5.73 Å². The lowest BCUT2D eigenvalue weighted by Gasteiger charge is -2.01. The van der Waals surface area contributed by atoms with Gasteiger partial charge in [0.1, 0.15) is 0 Å². The van der Waals surface area contributed by atoms with Crippen LogP contribution in [0.3, 0.4) is 0 Å². The van der Waals surface area contributed by atoms with Crippen LogP contribution in [-0.4, -0.2) is 9.78 Å². The van der Waals surface area contributed by atoms with Crippen LogP contribution in [0.2, 0.25) is 0 Å². The van der Waals surface area contributed by atoms with Crippen molar-refractivity contribution >= 4 is 5.69 Å². The van der Waals surface area contributed by atoms with E-state index in [-0.39, 0.29) is 0 Å². The molecule has 74 valence electrons. The summed E-state index contributed by atoms with van der Waals surface area (Å²) in [6.45, 7) is 0.670. The summed E-state index contributed by atoms with van der Waals surface area (Å²) in [7, 11) is 0. The molecule has 4 heteroatoms. The Labute approximate surface area is 87.6 Å². The van der Waals surface area contributed by atoms with Crippen molar-refractivity contribution in [3.05, 3.63) is 47.8 Å². The lowest BCUT2D eigenvalue weighted by Crippen LogP contribution is -1.99. The molecule has 0 fully saturated rings. The fourth-order valence-corrected chi connectivity index (χ4v) is 1.34. The molecule has 1 heterocycles. The van der Waals surface area contributed by atoms with E-state index < -0.39 is 0 Å². The second-order valence-electron chi connectivity index (χ2n) is 3.28. The summed E-state index contributed by atoms with van der Waals surface area (Å²) in [5.41, 5.74) is 7.97.